The van der Waals surface area contributed by atoms with Crippen molar-refractivity contribution in [2.45, 2.75) is 6.92 Å². The fraction of sp³-hybridized carbons (Fsp3) is 0.273. The molecule has 1 nitrogen and oxygen atoms in total. The molecule has 0 saturated carbocycles. The summed E-state index contributed by atoms with van der Waals surface area (Å²) in [6.07, 6.45) is 10.3. The molecule has 0 aliphatic carbocycles. The Bertz CT molecular complexity index is 256. The van der Waals surface area contributed by atoms with Crippen LogP contribution in [0.2, 0.25) is 0 Å². The van der Waals surface area contributed by atoms with Gasteiger partial charge in [-0.1, -0.05) is 30.9 Å². The van der Waals surface area contributed by atoms with Crippen LogP contribution < -0.4 is 0 Å². The normalized spacial score (nSPS) is 23.7. The molecule has 1 aliphatic rings. The molecule has 0 saturated heterocycles. The molecule has 0 aromatic carbocycles. The molecule has 0 radical (unpaired) electrons. The van der Waals surface area contributed by atoms with E-state index >= 15 is 0 Å². The van der Waals surface area contributed by atoms with Gasteiger partial charge in [-0.25, -0.2) is 0 Å². The summed E-state index contributed by atoms with van der Waals surface area (Å²) in [5.74, 6) is 0. The minimum atomic E-state index is 0.958. The topological polar surface area (TPSA) is 3.24 Å². The predicted molar refractivity (Wildman–Crippen MR) is 53.8 cm³/mol. The molecule has 0 spiro atoms. The van der Waals surface area contributed by atoms with E-state index in [-0.39, 0.29) is 0 Å². The molecule has 1 heteroatoms. The summed E-state index contributed by atoms with van der Waals surface area (Å²) in [5.41, 5.74) is 2.29. The Morgan fingerprint density at radius 3 is 2.92 bits per heavy atom. The largest absolute Gasteiger partial charge is 0.374 e. The van der Waals surface area contributed by atoms with Crippen molar-refractivity contribution in [1.29, 1.82) is 0 Å². The highest BCUT2D eigenvalue weighted by molar-refractivity contribution is 5.32. The molecular formula is C11H15N. The number of nitrogens with zero attached hydrogens (tertiary/aromatic N) is 1. The van der Waals surface area contributed by atoms with Gasteiger partial charge in [0, 0.05) is 19.3 Å². The first-order valence-corrected chi connectivity index (χ1v) is 4.11. The Morgan fingerprint density at radius 1 is 1.42 bits per heavy atom. The number of hydrogen-bond acceptors (Lipinski definition) is 1. The maximum atomic E-state index is 3.92. The lowest BCUT2D eigenvalue weighted by Crippen LogP contribution is -2.15. The Morgan fingerprint density at radius 2 is 2.17 bits per heavy atom. The quantitative estimate of drug-likeness (QED) is 0.527. The van der Waals surface area contributed by atoms with Gasteiger partial charge in [0.25, 0.3) is 0 Å². The highest BCUT2D eigenvalue weighted by Crippen LogP contribution is 2.07. The van der Waals surface area contributed by atoms with E-state index in [4.69, 9.17) is 0 Å². The van der Waals surface area contributed by atoms with Crippen molar-refractivity contribution in [3.05, 3.63) is 48.2 Å². The molecule has 12 heavy (non-hydrogen) atoms. The Labute approximate surface area is 74.4 Å². The van der Waals surface area contributed by atoms with Crippen LogP contribution in [0.25, 0.3) is 0 Å². The lowest BCUT2D eigenvalue weighted by molar-refractivity contribution is 0.465. The second-order valence-corrected chi connectivity index (χ2v) is 3.03. The fourth-order valence-corrected chi connectivity index (χ4v) is 1.05. The van der Waals surface area contributed by atoms with Gasteiger partial charge in [-0.3, -0.25) is 0 Å². The molecular weight excluding hydrogens is 146 g/mol. The molecule has 1 heterocycles. The first-order chi connectivity index (χ1) is 5.70. The van der Waals surface area contributed by atoms with Gasteiger partial charge in [0.05, 0.1) is 0 Å². The van der Waals surface area contributed by atoms with Crippen molar-refractivity contribution in [3.8, 4) is 0 Å². The molecule has 0 bridgehead atoms. The minimum absolute atomic E-state index is 0.958. The number of rotatable bonds is 0. The summed E-state index contributed by atoms with van der Waals surface area (Å²) in [4.78, 5) is 2.19. The predicted octanol–water partition coefficient (Wildman–Crippen LogP) is 2.50. The third-order valence-corrected chi connectivity index (χ3v) is 1.93. The summed E-state index contributed by atoms with van der Waals surface area (Å²) in [6, 6.07) is 0. The van der Waals surface area contributed by atoms with Gasteiger partial charge < -0.3 is 4.90 Å². The summed E-state index contributed by atoms with van der Waals surface area (Å²) >= 11 is 0. The van der Waals surface area contributed by atoms with Crippen molar-refractivity contribution >= 4 is 0 Å². The highest BCUT2D eigenvalue weighted by atomic mass is 15.1. The van der Waals surface area contributed by atoms with Crippen LogP contribution in [0.1, 0.15) is 6.92 Å². The number of hydrogen-bond donors (Lipinski definition) is 0. The van der Waals surface area contributed by atoms with Crippen LogP contribution in [0.15, 0.2) is 48.2 Å². The van der Waals surface area contributed by atoms with Crippen molar-refractivity contribution in [3.63, 3.8) is 0 Å². The van der Waals surface area contributed by atoms with Crippen molar-refractivity contribution in [2.75, 3.05) is 13.6 Å². The lowest BCUT2D eigenvalue weighted by Gasteiger charge is -2.17. The van der Waals surface area contributed by atoms with Crippen LogP contribution in [0.4, 0.5) is 0 Å². The van der Waals surface area contributed by atoms with Gasteiger partial charge in [0.15, 0.2) is 0 Å². The van der Waals surface area contributed by atoms with Crippen molar-refractivity contribution < 1.29 is 0 Å². The van der Waals surface area contributed by atoms with Gasteiger partial charge in [-0.2, -0.15) is 0 Å². The molecule has 0 aromatic heterocycles. The average Bonchev–Trinajstić information content (AvgIpc) is 2.07. The summed E-state index contributed by atoms with van der Waals surface area (Å²) in [6.45, 7) is 6.97. The first kappa shape index (κ1) is 8.85. The molecule has 1 aliphatic heterocycles. The molecule has 0 fully saturated rings. The lowest BCUT2D eigenvalue weighted by atomic mass is 10.2. The van der Waals surface area contributed by atoms with E-state index in [1.807, 2.05) is 18.2 Å². The molecule has 1 rings (SSSR count). The van der Waals surface area contributed by atoms with E-state index in [9.17, 15) is 0 Å². The monoisotopic (exact) mass is 161 g/mol. The SMILES string of the molecule is C=C1C=C(C)N(C)C/C=C\C=C/1. The average molecular weight is 161 g/mol. The second-order valence-electron chi connectivity index (χ2n) is 3.03. The third kappa shape index (κ3) is 2.42. The number of allylic oxidation sites excluding steroid dienone is 6. The van der Waals surface area contributed by atoms with Crippen LogP contribution in [0, 0.1) is 0 Å². The zero-order chi connectivity index (χ0) is 8.97. The first-order valence-electron chi connectivity index (χ1n) is 4.11. The van der Waals surface area contributed by atoms with Crippen LogP contribution in [-0.4, -0.2) is 18.5 Å². The molecule has 0 aromatic rings. The summed E-state index contributed by atoms with van der Waals surface area (Å²) in [5, 5.41) is 0. The van der Waals surface area contributed by atoms with Crippen molar-refractivity contribution in [1.82, 2.24) is 4.90 Å². The van der Waals surface area contributed by atoms with Gasteiger partial charge in [-0.05, 0) is 18.6 Å². The fourth-order valence-electron chi connectivity index (χ4n) is 1.05. The van der Waals surface area contributed by atoms with E-state index in [0.29, 0.717) is 0 Å². The van der Waals surface area contributed by atoms with Crippen LogP contribution >= 0.6 is 0 Å². The van der Waals surface area contributed by atoms with E-state index < -0.39 is 0 Å². The molecule has 0 atom stereocenters. The second kappa shape index (κ2) is 3.96. The third-order valence-electron chi connectivity index (χ3n) is 1.93. The zero-order valence-electron chi connectivity index (χ0n) is 7.75. The van der Waals surface area contributed by atoms with Crippen LogP contribution in [0.5, 0.6) is 0 Å². The van der Waals surface area contributed by atoms with Crippen LogP contribution in [0.3, 0.4) is 0 Å². The Hall–Kier alpha value is -1.24. The van der Waals surface area contributed by atoms with E-state index in [2.05, 4.69) is 37.6 Å². The highest BCUT2D eigenvalue weighted by Gasteiger charge is 1.96. The Balaban J connectivity index is 2.86. The minimum Gasteiger partial charge on any atom is -0.374 e. The molecule has 0 N–H and O–H groups in total. The smallest absolute Gasteiger partial charge is 0.0356 e. The molecule has 64 valence electrons. The number of likely N-dealkylation sites (N-methyl/N-ethyl adjacent to an activating group) is 1. The van der Waals surface area contributed by atoms with E-state index in [1.54, 1.807) is 0 Å². The Kier molecular flexibility index (Phi) is 2.92. The van der Waals surface area contributed by atoms with Gasteiger partial charge >= 0.3 is 0 Å². The summed E-state index contributed by atoms with van der Waals surface area (Å²) < 4.78 is 0. The van der Waals surface area contributed by atoms with Crippen molar-refractivity contribution in [2.24, 2.45) is 0 Å². The van der Waals surface area contributed by atoms with Gasteiger partial charge in [0.2, 0.25) is 0 Å². The summed E-state index contributed by atoms with van der Waals surface area (Å²) in [7, 11) is 2.08. The van der Waals surface area contributed by atoms with E-state index in [0.717, 1.165) is 12.1 Å². The maximum absolute atomic E-state index is 3.92. The van der Waals surface area contributed by atoms with Crippen LogP contribution in [-0.2, 0) is 0 Å². The van der Waals surface area contributed by atoms with Gasteiger partial charge in [-0.15, -0.1) is 0 Å². The molecule has 0 amide bonds. The van der Waals surface area contributed by atoms with Gasteiger partial charge in [0.1, 0.15) is 0 Å². The van der Waals surface area contributed by atoms with E-state index in [1.165, 1.54) is 5.70 Å². The standard InChI is InChI=1S/C11H15N/c1-10-7-5-4-6-8-12(3)11(2)9-10/h4-7,9H,1,8H2,2-3H3/b6-4-,7-5-,11-9?. The maximum Gasteiger partial charge on any atom is 0.0356 e. The molecule has 0 unspecified atom stereocenters. The zero-order valence-corrected chi connectivity index (χ0v) is 7.75.